The van der Waals surface area contributed by atoms with Gasteiger partial charge in [0.1, 0.15) is 5.75 Å². The van der Waals surface area contributed by atoms with Gasteiger partial charge in [-0.3, -0.25) is 4.79 Å². The van der Waals surface area contributed by atoms with Gasteiger partial charge < -0.3 is 10.1 Å². The monoisotopic (exact) mass is 401 g/mol. The van der Waals surface area contributed by atoms with E-state index in [9.17, 15) is 18.0 Å². The number of methoxy groups -OCH3 is 1. The van der Waals surface area contributed by atoms with E-state index >= 15 is 0 Å². The van der Waals surface area contributed by atoms with Crippen LogP contribution >= 0.6 is 15.9 Å². The molecule has 7 heteroatoms. The quantitative estimate of drug-likeness (QED) is 0.809. The van der Waals surface area contributed by atoms with E-state index in [4.69, 9.17) is 4.74 Å². The van der Waals surface area contributed by atoms with Gasteiger partial charge in [-0.05, 0) is 29.8 Å². The summed E-state index contributed by atoms with van der Waals surface area (Å²) in [6.07, 6.45) is -4.55. The van der Waals surface area contributed by atoms with Crippen molar-refractivity contribution in [2.75, 3.05) is 7.11 Å². The summed E-state index contributed by atoms with van der Waals surface area (Å²) in [5.41, 5.74) is 0.314. The molecule has 0 aliphatic carbocycles. The molecule has 0 heterocycles. The first kappa shape index (κ1) is 18.3. The number of halogens is 4. The third-order valence-electron chi connectivity index (χ3n) is 3.34. The standard InChI is InChI=1S/C17H15BrF3NO2/c1-24-15-6-5-14(18)9-12(15)10-22-16(23)8-11-3-2-4-13(7-11)17(19,20)21/h2-7,9H,8,10H2,1H3,(H,22,23). The molecule has 0 bridgehead atoms. The molecule has 128 valence electrons. The molecule has 1 amide bonds. The Bertz CT molecular complexity index is 732. The lowest BCUT2D eigenvalue weighted by Crippen LogP contribution is -2.25. The summed E-state index contributed by atoms with van der Waals surface area (Å²) in [6, 6.07) is 10.1. The minimum absolute atomic E-state index is 0.125. The van der Waals surface area contributed by atoms with Gasteiger partial charge in [0, 0.05) is 16.6 Å². The number of benzene rings is 2. The molecule has 0 saturated heterocycles. The predicted molar refractivity (Wildman–Crippen MR) is 87.7 cm³/mol. The molecule has 0 fully saturated rings. The van der Waals surface area contributed by atoms with E-state index in [1.165, 1.54) is 19.2 Å². The molecular weight excluding hydrogens is 387 g/mol. The lowest BCUT2D eigenvalue weighted by molar-refractivity contribution is -0.137. The molecule has 0 saturated carbocycles. The van der Waals surface area contributed by atoms with E-state index in [1.54, 1.807) is 6.07 Å². The first-order valence-corrected chi connectivity index (χ1v) is 7.84. The molecule has 0 aliphatic rings. The van der Waals surface area contributed by atoms with Crippen molar-refractivity contribution in [3.63, 3.8) is 0 Å². The van der Waals surface area contributed by atoms with E-state index in [0.29, 0.717) is 11.3 Å². The van der Waals surface area contributed by atoms with Crippen molar-refractivity contribution < 1.29 is 22.7 Å². The van der Waals surface area contributed by atoms with Crippen LogP contribution in [0.15, 0.2) is 46.9 Å². The maximum absolute atomic E-state index is 12.7. The number of carbonyl (C=O) groups excluding carboxylic acids is 1. The van der Waals surface area contributed by atoms with Crippen molar-refractivity contribution in [2.45, 2.75) is 19.1 Å². The Balaban J connectivity index is 2.01. The summed E-state index contributed by atoms with van der Waals surface area (Å²) in [6.45, 7) is 0.223. The van der Waals surface area contributed by atoms with Crippen LogP contribution < -0.4 is 10.1 Å². The van der Waals surface area contributed by atoms with Gasteiger partial charge in [0.25, 0.3) is 0 Å². The van der Waals surface area contributed by atoms with E-state index in [2.05, 4.69) is 21.2 Å². The summed E-state index contributed by atoms with van der Waals surface area (Å²) in [5.74, 6) is 0.258. The van der Waals surface area contributed by atoms with Gasteiger partial charge in [0.2, 0.25) is 5.91 Å². The van der Waals surface area contributed by atoms with Gasteiger partial charge in [-0.1, -0.05) is 34.1 Å². The van der Waals surface area contributed by atoms with Crippen LogP contribution in [0.2, 0.25) is 0 Å². The smallest absolute Gasteiger partial charge is 0.416 e. The second kappa shape index (κ2) is 7.70. The molecule has 24 heavy (non-hydrogen) atoms. The fourth-order valence-electron chi connectivity index (χ4n) is 2.18. The second-order valence-electron chi connectivity index (χ2n) is 5.11. The highest BCUT2D eigenvalue weighted by molar-refractivity contribution is 9.10. The number of rotatable bonds is 5. The number of ether oxygens (including phenoxy) is 1. The van der Waals surface area contributed by atoms with Crippen LogP contribution in [0.25, 0.3) is 0 Å². The van der Waals surface area contributed by atoms with E-state index in [-0.39, 0.29) is 18.9 Å². The number of alkyl halides is 3. The second-order valence-corrected chi connectivity index (χ2v) is 6.02. The Morgan fingerprint density at radius 1 is 1.21 bits per heavy atom. The van der Waals surface area contributed by atoms with Gasteiger partial charge in [-0.25, -0.2) is 0 Å². The third-order valence-corrected chi connectivity index (χ3v) is 3.83. The number of amides is 1. The lowest BCUT2D eigenvalue weighted by Gasteiger charge is -2.11. The molecule has 2 aromatic carbocycles. The van der Waals surface area contributed by atoms with Crippen molar-refractivity contribution in [1.82, 2.24) is 5.32 Å². The molecule has 0 radical (unpaired) electrons. The average Bonchev–Trinajstić information content (AvgIpc) is 2.52. The molecule has 0 spiro atoms. The van der Waals surface area contributed by atoms with Gasteiger partial charge >= 0.3 is 6.18 Å². The van der Waals surface area contributed by atoms with E-state index in [0.717, 1.165) is 22.2 Å². The molecule has 2 aromatic rings. The molecule has 0 aromatic heterocycles. The van der Waals surface area contributed by atoms with Crippen LogP contribution in [-0.4, -0.2) is 13.0 Å². The molecule has 3 nitrogen and oxygen atoms in total. The maximum atomic E-state index is 12.7. The number of carbonyl (C=O) groups is 1. The van der Waals surface area contributed by atoms with Gasteiger partial charge in [-0.15, -0.1) is 0 Å². The van der Waals surface area contributed by atoms with Crippen molar-refractivity contribution in [3.05, 3.63) is 63.6 Å². The zero-order valence-corrected chi connectivity index (χ0v) is 14.4. The van der Waals surface area contributed by atoms with Crippen LogP contribution in [0.3, 0.4) is 0 Å². The fraction of sp³-hybridized carbons (Fsp3) is 0.235. The van der Waals surface area contributed by atoms with Crippen LogP contribution in [0, 0.1) is 0 Å². The van der Waals surface area contributed by atoms with Crippen LogP contribution in [-0.2, 0) is 23.9 Å². The Morgan fingerprint density at radius 2 is 1.96 bits per heavy atom. The fourth-order valence-corrected chi connectivity index (χ4v) is 2.59. The zero-order valence-electron chi connectivity index (χ0n) is 12.8. The maximum Gasteiger partial charge on any atom is 0.416 e. The summed E-state index contributed by atoms with van der Waals surface area (Å²) in [4.78, 5) is 12.0. The number of hydrogen-bond acceptors (Lipinski definition) is 2. The normalized spacial score (nSPS) is 11.2. The third kappa shape index (κ3) is 4.99. The summed E-state index contributed by atoms with van der Waals surface area (Å²) < 4.78 is 44.1. The number of nitrogens with one attached hydrogen (secondary N) is 1. The van der Waals surface area contributed by atoms with Gasteiger partial charge in [0.15, 0.2) is 0 Å². The SMILES string of the molecule is COc1ccc(Br)cc1CNC(=O)Cc1cccc(C(F)(F)F)c1. The van der Waals surface area contributed by atoms with Crippen molar-refractivity contribution >= 4 is 21.8 Å². The lowest BCUT2D eigenvalue weighted by atomic mass is 10.1. The number of hydrogen-bond donors (Lipinski definition) is 1. The van der Waals surface area contributed by atoms with Crippen molar-refractivity contribution in [1.29, 1.82) is 0 Å². The Morgan fingerprint density at radius 3 is 2.62 bits per heavy atom. The molecule has 1 N–H and O–H groups in total. The highest BCUT2D eigenvalue weighted by Gasteiger charge is 2.30. The topological polar surface area (TPSA) is 38.3 Å². The highest BCUT2D eigenvalue weighted by Crippen LogP contribution is 2.29. The van der Waals surface area contributed by atoms with Crippen LogP contribution in [0.1, 0.15) is 16.7 Å². The minimum atomic E-state index is -4.42. The molecule has 2 rings (SSSR count). The highest BCUT2D eigenvalue weighted by atomic mass is 79.9. The first-order chi connectivity index (χ1) is 11.3. The minimum Gasteiger partial charge on any atom is -0.496 e. The Kier molecular flexibility index (Phi) is 5.88. The average molecular weight is 402 g/mol. The molecular formula is C17H15BrF3NO2. The summed E-state index contributed by atoms with van der Waals surface area (Å²) in [5, 5.41) is 2.69. The van der Waals surface area contributed by atoms with Gasteiger partial charge in [-0.2, -0.15) is 13.2 Å². The van der Waals surface area contributed by atoms with Crippen molar-refractivity contribution in [3.8, 4) is 5.75 Å². The summed E-state index contributed by atoms with van der Waals surface area (Å²) >= 11 is 3.34. The predicted octanol–water partition coefficient (Wildman–Crippen LogP) is 4.34. The van der Waals surface area contributed by atoms with E-state index in [1.807, 2.05) is 12.1 Å². The Labute approximate surface area is 146 Å². The largest absolute Gasteiger partial charge is 0.496 e. The van der Waals surface area contributed by atoms with Crippen LogP contribution in [0.5, 0.6) is 5.75 Å². The summed E-state index contributed by atoms with van der Waals surface area (Å²) in [7, 11) is 1.52. The van der Waals surface area contributed by atoms with Crippen molar-refractivity contribution in [2.24, 2.45) is 0 Å². The van der Waals surface area contributed by atoms with Crippen LogP contribution in [0.4, 0.5) is 13.2 Å². The molecule has 0 atom stereocenters. The molecule has 0 unspecified atom stereocenters. The van der Waals surface area contributed by atoms with E-state index < -0.39 is 11.7 Å². The first-order valence-electron chi connectivity index (χ1n) is 7.05. The molecule has 0 aliphatic heterocycles. The Hall–Kier alpha value is -2.02. The zero-order chi connectivity index (χ0) is 17.7. The van der Waals surface area contributed by atoms with Gasteiger partial charge in [0.05, 0.1) is 19.1 Å².